The number of rotatable bonds is 6. The van der Waals surface area contributed by atoms with E-state index < -0.39 is 0 Å². The fourth-order valence-corrected chi connectivity index (χ4v) is 2.09. The minimum atomic E-state index is 0.629. The summed E-state index contributed by atoms with van der Waals surface area (Å²) in [6.45, 7) is 10.2. The maximum absolute atomic E-state index is 6.05. The van der Waals surface area contributed by atoms with Crippen molar-refractivity contribution in [2.45, 2.75) is 34.2 Å². The molecular weight excluding hydrogens is 260 g/mol. The van der Waals surface area contributed by atoms with Crippen molar-refractivity contribution >= 4 is 0 Å². The van der Waals surface area contributed by atoms with E-state index in [9.17, 15) is 0 Å². The molecule has 1 aromatic heterocycles. The lowest BCUT2D eigenvalue weighted by Gasteiger charge is -2.13. The molecule has 0 amide bonds. The predicted octanol–water partition coefficient (Wildman–Crippen LogP) is 4.24. The molecule has 0 atom stereocenters. The molecule has 1 heterocycles. The molecule has 21 heavy (non-hydrogen) atoms. The molecule has 0 spiro atoms. The van der Waals surface area contributed by atoms with Gasteiger partial charge in [-0.15, -0.1) is 0 Å². The van der Waals surface area contributed by atoms with Crippen molar-refractivity contribution in [3.8, 4) is 11.5 Å². The summed E-state index contributed by atoms with van der Waals surface area (Å²) in [4.78, 5) is 4.38. The molecule has 3 heteroatoms. The van der Waals surface area contributed by atoms with Crippen LogP contribution in [0.5, 0.6) is 11.5 Å². The average Bonchev–Trinajstić information content (AvgIpc) is 2.41. The summed E-state index contributed by atoms with van der Waals surface area (Å²) < 4.78 is 6.05. The summed E-state index contributed by atoms with van der Waals surface area (Å²) in [6.07, 6.45) is 1.90. The Hall–Kier alpha value is -1.87. The first-order valence-electron chi connectivity index (χ1n) is 7.45. The lowest BCUT2D eigenvalue weighted by atomic mass is 10.2. The van der Waals surface area contributed by atoms with Crippen LogP contribution in [0, 0.1) is 19.8 Å². The lowest BCUT2D eigenvalue weighted by molar-refractivity contribution is 0.467. The molecule has 2 rings (SSSR count). The maximum Gasteiger partial charge on any atom is 0.135 e. The molecule has 1 aromatic carbocycles. The normalized spacial score (nSPS) is 10.9. The third kappa shape index (κ3) is 4.87. The van der Waals surface area contributed by atoms with Crippen LogP contribution in [0.2, 0.25) is 0 Å². The van der Waals surface area contributed by atoms with Crippen LogP contribution in [0.15, 0.2) is 36.5 Å². The Bertz CT molecular complexity index is 594. The first kappa shape index (κ1) is 15.5. The van der Waals surface area contributed by atoms with E-state index in [2.05, 4.69) is 37.1 Å². The average molecular weight is 284 g/mol. The zero-order valence-electron chi connectivity index (χ0n) is 13.3. The zero-order chi connectivity index (χ0) is 15.2. The first-order valence-corrected chi connectivity index (χ1v) is 7.45. The Morgan fingerprint density at radius 2 is 2.00 bits per heavy atom. The van der Waals surface area contributed by atoms with E-state index in [-0.39, 0.29) is 0 Å². The Kier molecular flexibility index (Phi) is 5.34. The zero-order valence-corrected chi connectivity index (χ0v) is 13.3. The molecule has 0 aliphatic carbocycles. The maximum atomic E-state index is 6.05. The minimum Gasteiger partial charge on any atom is -0.457 e. The minimum absolute atomic E-state index is 0.629. The van der Waals surface area contributed by atoms with Crippen molar-refractivity contribution in [3.05, 3.63) is 53.3 Å². The second-order valence-electron chi connectivity index (χ2n) is 5.88. The molecule has 0 aliphatic heterocycles. The van der Waals surface area contributed by atoms with Crippen LogP contribution in [-0.2, 0) is 6.54 Å². The van der Waals surface area contributed by atoms with Gasteiger partial charge in [0.2, 0.25) is 0 Å². The molecule has 3 nitrogen and oxygen atoms in total. The van der Waals surface area contributed by atoms with Crippen LogP contribution in [0.3, 0.4) is 0 Å². The molecule has 0 radical (unpaired) electrons. The highest BCUT2D eigenvalue weighted by atomic mass is 16.5. The predicted molar refractivity (Wildman–Crippen MR) is 86.8 cm³/mol. The van der Waals surface area contributed by atoms with Crippen molar-refractivity contribution in [3.63, 3.8) is 0 Å². The van der Waals surface area contributed by atoms with Crippen molar-refractivity contribution in [2.24, 2.45) is 5.92 Å². The van der Waals surface area contributed by atoms with Gasteiger partial charge < -0.3 is 10.1 Å². The summed E-state index contributed by atoms with van der Waals surface area (Å²) in [5.74, 6) is 2.37. The van der Waals surface area contributed by atoms with Gasteiger partial charge in [0.15, 0.2) is 0 Å². The number of hydrogen-bond donors (Lipinski definition) is 1. The second-order valence-corrected chi connectivity index (χ2v) is 5.88. The van der Waals surface area contributed by atoms with E-state index in [1.807, 2.05) is 37.4 Å². The topological polar surface area (TPSA) is 34.1 Å². The van der Waals surface area contributed by atoms with E-state index in [0.29, 0.717) is 5.92 Å². The molecule has 1 N–H and O–H groups in total. The number of nitrogens with one attached hydrogen (secondary N) is 1. The highest BCUT2D eigenvalue weighted by molar-refractivity contribution is 5.38. The van der Waals surface area contributed by atoms with E-state index in [1.165, 1.54) is 5.56 Å². The first-order chi connectivity index (χ1) is 10.0. The van der Waals surface area contributed by atoms with Crippen molar-refractivity contribution in [2.75, 3.05) is 6.54 Å². The van der Waals surface area contributed by atoms with Crippen LogP contribution >= 0.6 is 0 Å². The molecule has 0 saturated carbocycles. The number of pyridine rings is 1. The van der Waals surface area contributed by atoms with E-state index >= 15 is 0 Å². The Morgan fingerprint density at radius 1 is 1.19 bits per heavy atom. The van der Waals surface area contributed by atoms with Crippen LogP contribution in [-0.4, -0.2) is 11.5 Å². The third-order valence-electron chi connectivity index (χ3n) is 3.17. The molecule has 0 aliphatic rings. The molecular formula is C18H24N2O. The van der Waals surface area contributed by atoms with Gasteiger partial charge in [0.1, 0.15) is 11.5 Å². The number of nitrogens with zero attached hydrogens (tertiary/aromatic N) is 1. The standard InChI is InChI=1S/C18H24N2O/c1-13(2)10-19-11-16-12-20-15(4)9-18(16)21-17-7-5-6-14(3)8-17/h5-9,12-13,19H,10-11H2,1-4H3. The molecule has 112 valence electrons. The largest absolute Gasteiger partial charge is 0.457 e. The third-order valence-corrected chi connectivity index (χ3v) is 3.17. The van der Waals surface area contributed by atoms with Gasteiger partial charge in [0.25, 0.3) is 0 Å². The molecule has 0 bridgehead atoms. The number of ether oxygens (including phenoxy) is 1. The van der Waals surface area contributed by atoms with Gasteiger partial charge in [0.05, 0.1) is 0 Å². The summed E-state index contributed by atoms with van der Waals surface area (Å²) in [5, 5.41) is 3.44. The van der Waals surface area contributed by atoms with Gasteiger partial charge in [-0.05, 0) is 44.0 Å². The second kappa shape index (κ2) is 7.23. The number of benzene rings is 1. The number of aryl methyl sites for hydroxylation is 2. The monoisotopic (exact) mass is 284 g/mol. The van der Waals surface area contributed by atoms with Gasteiger partial charge in [-0.1, -0.05) is 26.0 Å². The van der Waals surface area contributed by atoms with Gasteiger partial charge in [-0.2, -0.15) is 0 Å². The molecule has 0 unspecified atom stereocenters. The smallest absolute Gasteiger partial charge is 0.135 e. The summed E-state index contributed by atoms with van der Waals surface area (Å²) >= 11 is 0. The van der Waals surface area contributed by atoms with Crippen LogP contribution in [0.25, 0.3) is 0 Å². The highest BCUT2D eigenvalue weighted by Crippen LogP contribution is 2.26. The summed E-state index contributed by atoms with van der Waals surface area (Å²) in [6, 6.07) is 10.1. The molecule has 2 aromatic rings. The van der Waals surface area contributed by atoms with Gasteiger partial charge in [0, 0.05) is 30.1 Å². The Balaban J connectivity index is 2.15. The molecule has 0 fully saturated rings. The van der Waals surface area contributed by atoms with Crippen LogP contribution in [0.4, 0.5) is 0 Å². The lowest BCUT2D eigenvalue weighted by Crippen LogP contribution is -2.19. The quantitative estimate of drug-likeness (QED) is 0.861. The van der Waals surface area contributed by atoms with Gasteiger partial charge in [-0.3, -0.25) is 4.98 Å². The fraction of sp³-hybridized carbons (Fsp3) is 0.389. The fourth-order valence-electron chi connectivity index (χ4n) is 2.09. The Labute approximate surface area is 127 Å². The van der Waals surface area contributed by atoms with E-state index in [0.717, 1.165) is 35.8 Å². The van der Waals surface area contributed by atoms with E-state index in [1.54, 1.807) is 0 Å². The van der Waals surface area contributed by atoms with E-state index in [4.69, 9.17) is 4.74 Å². The number of hydrogen-bond acceptors (Lipinski definition) is 3. The highest BCUT2D eigenvalue weighted by Gasteiger charge is 2.07. The van der Waals surface area contributed by atoms with Crippen molar-refractivity contribution in [1.82, 2.24) is 10.3 Å². The molecule has 0 saturated heterocycles. The SMILES string of the molecule is Cc1cccc(Oc2cc(C)ncc2CNCC(C)C)c1. The van der Waals surface area contributed by atoms with Gasteiger partial charge >= 0.3 is 0 Å². The van der Waals surface area contributed by atoms with Crippen molar-refractivity contribution in [1.29, 1.82) is 0 Å². The Morgan fingerprint density at radius 3 is 2.71 bits per heavy atom. The van der Waals surface area contributed by atoms with Gasteiger partial charge in [-0.25, -0.2) is 0 Å². The van der Waals surface area contributed by atoms with Crippen LogP contribution < -0.4 is 10.1 Å². The summed E-state index contributed by atoms with van der Waals surface area (Å²) in [7, 11) is 0. The van der Waals surface area contributed by atoms with Crippen LogP contribution in [0.1, 0.15) is 30.7 Å². The summed E-state index contributed by atoms with van der Waals surface area (Å²) in [5.41, 5.74) is 3.24. The number of aromatic nitrogens is 1. The van der Waals surface area contributed by atoms with Crippen molar-refractivity contribution < 1.29 is 4.74 Å².